The van der Waals surface area contributed by atoms with E-state index in [4.69, 9.17) is 14.2 Å². The van der Waals surface area contributed by atoms with E-state index in [1.54, 1.807) is 0 Å². The molecule has 0 N–H and O–H groups in total. The van der Waals surface area contributed by atoms with Crippen molar-refractivity contribution in [2.75, 3.05) is 13.2 Å². The van der Waals surface area contributed by atoms with Crippen molar-refractivity contribution < 1.29 is 28.6 Å². The molecule has 0 amide bonds. The first-order chi connectivity index (χ1) is 29.5. The summed E-state index contributed by atoms with van der Waals surface area (Å²) < 4.78 is 16.8. The average molecular weight is 839 g/mol. The van der Waals surface area contributed by atoms with E-state index in [1.165, 1.54) is 83.5 Å². The molecule has 0 bridgehead atoms. The van der Waals surface area contributed by atoms with Crippen LogP contribution in [0.2, 0.25) is 0 Å². The molecule has 0 aliphatic heterocycles. The summed E-state index contributed by atoms with van der Waals surface area (Å²) in [5, 5.41) is 0. The number of carbonyl (C=O) groups excluding carboxylic acids is 3. The number of esters is 3. The molecule has 0 saturated heterocycles. The van der Waals surface area contributed by atoms with Crippen LogP contribution in [-0.2, 0) is 28.6 Å². The van der Waals surface area contributed by atoms with Crippen molar-refractivity contribution in [1.82, 2.24) is 0 Å². The lowest BCUT2D eigenvalue weighted by molar-refractivity contribution is -0.167. The fourth-order valence-electron chi connectivity index (χ4n) is 6.96. The number of allylic oxidation sites excluding steroid dienone is 10. The van der Waals surface area contributed by atoms with Gasteiger partial charge in [0.1, 0.15) is 13.2 Å². The van der Waals surface area contributed by atoms with E-state index in [0.29, 0.717) is 19.3 Å². The van der Waals surface area contributed by atoms with Crippen LogP contribution in [0.25, 0.3) is 0 Å². The molecule has 0 aromatic carbocycles. The summed E-state index contributed by atoms with van der Waals surface area (Å²) in [6.07, 6.45) is 59.1. The third-order valence-corrected chi connectivity index (χ3v) is 10.8. The molecule has 0 saturated carbocycles. The van der Waals surface area contributed by atoms with Crippen LogP contribution in [0.4, 0.5) is 0 Å². The molecule has 1 atom stereocenters. The normalized spacial score (nSPS) is 12.5. The van der Waals surface area contributed by atoms with Gasteiger partial charge < -0.3 is 14.2 Å². The first-order valence-electron chi connectivity index (χ1n) is 25.3. The summed E-state index contributed by atoms with van der Waals surface area (Å²) in [5.74, 6) is -0.912. The maximum atomic E-state index is 12.8. The van der Waals surface area contributed by atoms with Gasteiger partial charge >= 0.3 is 17.9 Å². The molecule has 0 heterocycles. The highest BCUT2D eigenvalue weighted by Crippen LogP contribution is 2.14. The second-order valence-electron chi connectivity index (χ2n) is 16.7. The number of rotatable bonds is 45. The molecule has 0 radical (unpaired) electrons. The van der Waals surface area contributed by atoms with Crippen molar-refractivity contribution in [1.29, 1.82) is 0 Å². The van der Waals surface area contributed by atoms with Crippen molar-refractivity contribution >= 4 is 17.9 Å². The third-order valence-electron chi connectivity index (χ3n) is 10.8. The van der Waals surface area contributed by atoms with Gasteiger partial charge in [-0.2, -0.15) is 0 Å². The Hall–Kier alpha value is -2.89. The molecule has 0 fully saturated rings. The molecule has 346 valence electrons. The van der Waals surface area contributed by atoms with Gasteiger partial charge in [0.05, 0.1) is 0 Å². The Morgan fingerprint density at radius 1 is 0.350 bits per heavy atom. The number of ether oxygens (including phenoxy) is 3. The second kappa shape index (κ2) is 48.8. The van der Waals surface area contributed by atoms with Crippen molar-refractivity contribution in [3.05, 3.63) is 60.8 Å². The number of hydrogen-bond donors (Lipinski definition) is 0. The number of unbranched alkanes of at least 4 members (excludes halogenated alkanes) is 24. The van der Waals surface area contributed by atoms with Crippen molar-refractivity contribution in [3.8, 4) is 0 Å². The Kier molecular flexibility index (Phi) is 46.4. The maximum Gasteiger partial charge on any atom is 0.306 e. The monoisotopic (exact) mass is 839 g/mol. The number of carbonyl (C=O) groups is 3. The van der Waals surface area contributed by atoms with Crippen LogP contribution < -0.4 is 0 Å². The summed E-state index contributed by atoms with van der Waals surface area (Å²) in [4.78, 5) is 37.9. The van der Waals surface area contributed by atoms with Gasteiger partial charge in [0.2, 0.25) is 0 Å². The molecule has 0 aliphatic rings. The molecule has 0 unspecified atom stereocenters. The van der Waals surface area contributed by atoms with Crippen LogP contribution >= 0.6 is 0 Å². The zero-order valence-electron chi connectivity index (χ0n) is 39.5. The predicted molar refractivity (Wildman–Crippen MR) is 256 cm³/mol. The quantitative estimate of drug-likeness (QED) is 0.0263. The smallest absolute Gasteiger partial charge is 0.306 e. The van der Waals surface area contributed by atoms with Gasteiger partial charge in [0.25, 0.3) is 0 Å². The largest absolute Gasteiger partial charge is 0.462 e. The van der Waals surface area contributed by atoms with Crippen LogP contribution in [0.15, 0.2) is 60.8 Å². The summed E-state index contributed by atoms with van der Waals surface area (Å²) in [6, 6.07) is 0. The first kappa shape index (κ1) is 57.1. The molecule has 0 aliphatic carbocycles. The van der Waals surface area contributed by atoms with E-state index in [9.17, 15) is 14.4 Å². The summed E-state index contributed by atoms with van der Waals surface area (Å²) >= 11 is 0. The molecule has 60 heavy (non-hydrogen) atoms. The minimum Gasteiger partial charge on any atom is -0.462 e. The van der Waals surface area contributed by atoms with E-state index in [1.807, 2.05) is 0 Å². The van der Waals surface area contributed by atoms with E-state index in [0.717, 1.165) is 122 Å². The Labute approximate surface area is 370 Å². The third kappa shape index (κ3) is 46.2. The predicted octanol–water partition coefficient (Wildman–Crippen LogP) is 16.5. The van der Waals surface area contributed by atoms with Gasteiger partial charge in [-0.25, -0.2) is 0 Å². The topological polar surface area (TPSA) is 78.9 Å². The van der Waals surface area contributed by atoms with Gasteiger partial charge in [-0.1, -0.05) is 204 Å². The lowest BCUT2D eigenvalue weighted by Crippen LogP contribution is -2.30. The highest BCUT2D eigenvalue weighted by atomic mass is 16.6. The fraction of sp³-hybridized carbons (Fsp3) is 0.759. The van der Waals surface area contributed by atoms with Gasteiger partial charge in [0.15, 0.2) is 6.10 Å². The molecule has 6 heteroatoms. The molecule has 0 spiro atoms. The van der Waals surface area contributed by atoms with Crippen LogP contribution in [0.3, 0.4) is 0 Å². The second-order valence-corrected chi connectivity index (χ2v) is 16.7. The van der Waals surface area contributed by atoms with Crippen molar-refractivity contribution in [2.45, 2.75) is 252 Å². The lowest BCUT2D eigenvalue weighted by atomic mass is 10.0. The minimum absolute atomic E-state index is 0.0840. The standard InChI is InChI=1S/C54H94O6/c1-4-7-10-13-16-19-22-25-27-29-32-35-38-41-44-47-53(56)59-50-51(49-58-52(55)46-43-40-37-34-31-24-21-18-15-12-9-6-3)60-54(57)48-45-42-39-36-33-30-28-26-23-20-17-14-11-8-5-2/h7,10,16-17,19-20,25-28,51H,4-6,8-9,11-15,18,21-24,29-50H2,1-3H3/b10-7-,19-16-,20-17-,27-25-,28-26-/t51-/m1/s1. The average Bonchev–Trinajstić information content (AvgIpc) is 3.24. The summed E-state index contributed by atoms with van der Waals surface area (Å²) in [7, 11) is 0. The van der Waals surface area contributed by atoms with E-state index in [2.05, 4.69) is 81.5 Å². The van der Waals surface area contributed by atoms with Crippen LogP contribution in [0, 0.1) is 0 Å². The molecule has 0 aromatic heterocycles. The highest BCUT2D eigenvalue weighted by Gasteiger charge is 2.19. The SMILES string of the molecule is CC/C=C\C/C=C\C/C=C\CCCCCCCC(=O)OC[C@@H](COC(=O)CCCCCCCCCCCCCC)OC(=O)CCCCCCC/C=C\C/C=C\CCCCC. The molecule has 6 nitrogen and oxygen atoms in total. The minimum atomic E-state index is -0.785. The van der Waals surface area contributed by atoms with Gasteiger partial charge in [0, 0.05) is 19.3 Å². The molecule has 0 rings (SSSR count). The fourth-order valence-corrected chi connectivity index (χ4v) is 6.96. The van der Waals surface area contributed by atoms with E-state index in [-0.39, 0.29) is 31.1 Å². The molecule has 0 aromatic rings. The summed E-state index contributed by atoms with van der Waals surface area (Å²) in [5.41, 5.74) is 0. The Morgan fingerprint density at radius 3 is 1.05 bits per heavy atom. The lowest BCUT2D eigenvalue weighted by Gasteiger charge is -2.18. The van der Waals surface area contributed by atoms with Crippen molar-refractivity contribution in [2.24, 2.45) is 0 Å². The maximum absolute atomic E-state index is 12.8. The molecular formula is C54H94O6. The van der Waals surface area contributed by atoms with E-state index >= 15 is 0 Å². The van der Waals surface area contributed by atoms with Crippen molar-refractivity contribution in [3.63, 3.8) is 0 Å². The van der Waals surface area contributed by atoms with Crippen LogP contribution in [0.1, 0.15) is 245 Å². The Morgan fingerprint density at radius 2 is 0.650 bits per heavy atom. The zero-order valence-corrected chi connectivity index (χ0v) is 39.5. The first-order valence-corrected chi connectivity index (χ1v) is 25.3. The Balaban J connectivity index is 4.42. The van der Waals surface area contributed by atoms with Gasteiger partial charge in [-0.15, -0.1) is 0 Å². The molecular weight excluding hydrogens is 745 g/mol. The Bertz CT molecular complexity index is 1100. The van der Waals surface area contributed by atoms with Gasteiger partial charge in [-0.05, 0) is 83.5 Å². The number of hydrogen-bond acceptors (Lipinski definition) is 6. The highest BCUT2D eigenvalue weighted by molar-refractivity contribution is 5.71. The van der Waals surface area contributed by atoms with E-state index < -0.39 is 6.10 Å². The van der Waals surface area contributed by atoms with Crippen LogP contribution in [0.5, 0.6) is 0 Å². The zero-order chi connectivity index (χ0) is 43.7. The van der Waals surface area contributed by atoms with Crippen LogP contribution in [-0.4, -0.2) is 37.2 Å². The van der Waals surface area contributed by atoms with Gasteiger partial charge in [-0.3, -0.25) is 14.4 Å². The summed E-state index contributed by atoms with van der Waals surface area (Å²) in [6.45, 7) is 6.47.